The number of hydrogen-bond acceptors (Lipinski definition) is 2. The lowest BCUT2D eigenvalue weighted by molar-refractivity contribution is -0.420. The van der Waals surface area contributed by atoms with Crippen LogP contribution in [0.15, 0.2) is 23.9 Å². The maximum absolute atomic E-state index is 10.0. The standard InChI is InChI=1S/C6H9NO2.C3H8/c1-4-6(5(2)3)7(8)9;1-3-2/h4H,1H2,2-3H3;3H2,1-2H3. The van der Waals surface area contributed by atoms with Crippen LogP contribution in [-0.2, 0) is 0 Å². The molecule has 0 unspecified atom stereocenters. The van der Waals surface area contributed by atoms with E-state index < -0.39 is 4.92 Å². The summed E-state index contributed by atoms with van der Waals surface area (Å²) < 4.78 is 0. The van der Waals surface area contributed by atoms with E-state index in [1.54, 1.807) is 13.8 Å². The van der Waals surface area contributed by atoms with Crippen molar-refractivity contribution in [1.29, 1.82) is 0 Å². The van der Waals surface area contributed by atoms with Crippen LogP contribution in [0.1, 0.15) is 34.1 Å². The maximum atomic E-state index is 10.0. The van der Waals surface area contributed by atoms with Crippen molar-refractivity contribution in [3.05, 3.63) is 34.0 Å². The Morgan fingerprint density at radius 1 is 1.50 bits per heavy atom. The van der Waals surface area contributed by atoms with E-state index in [4.69, 9.17) is 0 Å². The van der Waals surface area contributed by atoms with E-state index in [-0.39, 0.29) is 5.70 Å². The molecule has 3 heteroatoms. The minimum atomic E-state index is -0.442. The molecule has 70 valence electrons. The summed E-state index contributed by atoms with van der Waals surface area (Å²) in [6, 6.07) is 0. The summed E-state index contributed by atoms with van der Waals surface area (Å²) >= 11 is 0. The Morgan fingerprint density at radius 2 is 1.83 bits per heavy atom. The molecule has 0 saturated heterocycles. The van der Waals surface area contributed by atoms with Gasteiger partial charge in [0.1, 0.15) is 0 Å². The van der Waals surface area contributed by atoms with Crippen molar-refractivity contribution in [2.45, 2.75) is 34.1 Å². The number of rotatable bonds is 2. The second-order valence-corrected chi connectivity index (χ2v) is 2.55. The first-order chi connectivity index (χ1) is 5.51. The Balaban J connectivity index is 0. The second kappa shape index (κ2) is 7.98. The lowest BCUT2D eigenvalue weighted by Crippen LogP contribution is -1.96. The van der Waals surface area contributed by atoms with Crippen LogP contribution in [0.2, 0.25) is 0 Å². The molecule has 0 heterocycles. The zero-order valence-corrected chi connectivity index (χ0v) is 8.26. The summed E-state index contributed by atoms with van der Waals surface area (Å²) in [6.07, 6.45) is 2.50. The summed E-state index contributed by atoms with van der Waals surface area (Å²) in [4.78, 5) is 9.61. The van der Waals surface area contributed by atoms with E-state index >= 15 is 0 Å². The molecule has 0 aliphatic rings. The zero-order valence-electron chi connectivity index (χ0n) is 8.26. The van der Waals surface area contributed by atoms with Crippen LogP contribution in [0.25, 0.3) is 0 Å². The Hall–Kier alpha value is -1.12. The minimum Gasteiger partial charge on any atom is -0.258 e. The Bertz CT molecular complexity index is 179. The highest BCUT2D eigenvalue weighted by Gasteiger charge is 2.04. The fourth-order valence-electron chi connectivity index (χ4n) is 0.461. The number of nitrogens with zero attached hydrogens (tertiary/aromatic N) is 1. The average Bonchev–Trinajstić information content (AvgIpc) is 1.88. The maximum Gasteiger partial charge on any atom is 0.267 e. The fraction of sp³-hybridized carbons (Fsp3) is 0.556. The Morgan fingerprint density at radius 3 is 1.83 bits per heavy atom. The SMILES string of the molecule is C=CC(=C(C)C)[N+](=O)[O-].CCC. The molecule has 0 amide bonds. The van der Waals surface area contributed by atoms with Gasteiger partial charge in [0.2, 0.25) is 0 Å². The quantitative estimate of drug-likeness (QED) is 0.364. The summed E-state index contributed by atoms with van der Waals surface area (Å²) in [5.41, 5.74) is 0.769. The van der Waals surface area contributed by atoms with Gasteiger partial charge in [-0.1, -0.05) is 26.8 Å². The van der Waals surface area contributed by atoms with E-state index in [1.165, 1.54) is 12.5 Å². The molecule has 3 nitrogen and oxygen atoms in total. The van der Waals surface area contributed by atoms with E-state index in [9.17, 15) is 10.1 Å². The van der Waals surface area contributed by atoms with Gasteiger partial charge in [-0.2, -0.15) is 0 Å². The van der Waals surface area contributed by atoms with Crippen LogP contribution in [-0.4, -0.2) is 4.92 Å². The van der Waals surface area contributed by atoms with Gasteiger partial charge in [-0.15, -0.1) is 0 Å². The van der Waals surface area contributed by atoms with Crippen LogP contribution in [0.3, 0.4) is 0 Å². The third kappa shape index (κ3) is 6.99. The van der Waals surface area contributed by atoms with Crippen LogP contribution < -0.4 is 0 Å². The van der Waals surface area contributed by atoms with Crippen LogP contribution in [0, 0.1) is 10.1 Å². The van der Waals surface area contributed by atoms with Crippen LogP contribution in [0.5, 0.6) is 0 Å². The predicted molar refractivity (Wildman–Crippen MR) is 51.5 cm³/mol. The highest BCUT2D eigenvalue weighted by atomic mass is 16.6. The predicted octanol–water partition coefficient (Wildman–Crippen LogP) is 3.16. The molecule has 0 aromatic carbocycles. The van der Waals surface area contributed by atoms with Crippen molar-refractivity contribution in [1.82, 2.24) is 0 Å². The lowest BCUT2D eigenvalue weighted by Gasteiger charge is -1.90. The molecule has 0 N–H and O–H groups in total. The third-order valence-corrected chi connectivity index (χ3v) is 0.902. The van der Waals surface area contributed by atoms with Gasteiger partial charge >= 0.3 is 0 Å². The van der Waals surface area contributed by atoms with Gasteiger partial charge in [0.15, 0.2) is 0 Å². The van der Waals surface area contributed by atoms with E-state index in [2.05, 4.69) is 20.4 Å². The largest absolute Gasteiger partial charge is 0.267 e. The second-order valence-electron chi connectivity index (χ2n) is 2.55. The van der Waals surface area contributed by atoms with E-state index in [0.29, 0.717) is 5.57 Å². The normalized spacial score (nSPS) is 7.67. The van der Waals surface area contributed by atoms with Crippen molar-refractivity contribution in [3.63, 3.8) is 0 Å². The van der Waals surface area contributed by atoms with Crippen LogP contribution >= 0.6 is 0 Å². The highest BCUT2D eigenvalue weighted by Crippen LogP contribution is 2.03. The minimum absolute atomic E-state index is 0.0926. The van der Waals surface area contributed by atoms with Gasteiger partial charge < -0.3 is 0 Å². The first kappa shape index (κ1) is 13.5. The lowest BCUT2D eigenvalue weighted by atomic mass is 10.3. The molecule has 0 rings (SSSR count). The Labute approximate surface area is 73.9 Å². The summed E-state index contributed by atoms with van der Waals surface area (Å²) in [5.74, 6) is 0. The first-order valence-corrected chi connectivity index (χ1v) is 3.95. The molecule has 0 aromatic rings. The summed E-state index contributed by atoms with van der Waals surface area (Å²) in [7, 11) is 0. The molecule has 0 atom stereocenters. The molecular formula is C9H17NO2. The van der Waals surface area contributed by atoms with Gasteiger partial charge in [0, 0.05) is 11.6 Å². The summed E-state index contributed by atoms with van der Waals surface area (Å²) in [5, 5.41) is 10.0. The van der Waals surface area contributed by atoms with Crippen molar-refractivity contribution >= 4 is 0 Å². The zero-order chi connectivity index (χ0) is 10.1. The first-order valence-electron chi connectivity index (χ1n) is 3.95. The van der Waals surface area contributed by atoms with Gasteiger partial charge in [-0.3, -0.25) is 10.1 Å². The molecule has 0 bridgehead atoms. The number of nitro groups is 1. The van der Waals surface area contributed by atoms with Gasteiger partial charge in [-0.05, 0) is 13.8 Å². The van der Waals surface area contributed by atoms with Gasteiger partial charge in [0.05, 0.1) is 4.92 Å². The molecule has 0 saturated carbocycles. The monoisotopic (exact) mass is 171 g/mol. The summed E-state index contributed by atoms with van der Waals surface area (Å²) in [6.45, 7) is 10.9. The molecule has 0 aliphatic carbocycles. The molecular weight excluding hydrogens is 154 g/mol. The fourth-order valence-corrected chi connectivity index (χ4v) is 0.461. The van der Waals surface area contributed by atoms with E-state index in [0.717, 1.165) is 0 Å². The smallest absolute Gasteiger partial charge is 0.258 e. The van der Waals surface area contributed by atoms with Gasteiger partial charge in [-0.25, -0.2) is 0 Å². The topological polar surface area (TPSA) is 43.1 Å². The van der Waals surface area contributed by atoms with Crippen molar-refractivity contribution in [2.24, 2.45) is 0 Å². The molecule has 0 aromatic heterocycles. The van der Waals surface area contributed by atoms with Crippen molar-refractivity contribution < 1.29 is 4.92 Å². The average molecular weight is 171 g/mol. The Kier molecular flexibility index (Phi) is 8.96. The molecule has 0 fully saturated rings. The molecule has 0 radical (unpaired) electrons. The van der Waals surface area contributed by atoms with Crippen LogP contribution in [0.4, 0.5) is 0 Å². The van der Waals surface area contributed by atoms with E-state index in [1.807, 2.05) is 0 Å². The number of allylic oxidation sites excluding steroid dienone is 2. The van der Waals surface area contributed by atoms with Crippen molar-refractivity contribution in [3.8, 4) is 0 Å². The third-order valence-electron chi connectivity index (χ3n) is 0.902. The van der Waals surface area contributed by atoms with Crippen molar-refractivity contribution in [2.75, 3.05) is 0 Å². The molecule has 0 spiro atoms. The van der Waals surface area contributed by atoms with Gasteiger partial charge in [0.25, 0.3) is 5.70 Å². The molecule has 12 heavy (non-hydrogen) atoms. The highest BCUT2D eigenvalue weighted by molar-refractivity contribution is 5.13. The molecule has 0 aliphatic heterocycles. The number of hydrogen-bond donors (Lipinski definition) is 0.